The number of benzene rings is 1. The summed E-state index contributed by atoms with van der Waals surface area (Å²) in [7, 11) is 0. The zero-order valence-electron chi connectivity index (χ0n) is 12.2. The Morgan fingerprint density at radius 3 is 2.38 bits per heavy atom. The van der Waals surface area contributed by atoms with E-state index in [1.165, 1.54) is 25.1 Å². The lowest BCUT2D eigenvalue weighted by Crippen LogP contribution is -2.32. The van der Waals surface area contributed by atoms with Gasteiger partial charge in [0, 0.05) is 17.0 Å². The molecule has 4 N–H and O–H groups in total. The molecular formula is C14H12Cl2F3N3O2. The van der Waals surface area contributed by atoms with Crippen molar-refractivity contribution < 1.29 is 23.1 Å². The summed E-state index contributed by atoms with van der Waals surface area (Å²) in [4.78, 5) is 14.1. The van der Waals surface area contributed by atoms with Crippen molar-refractivity contribution in [2.24, 2.45) is 10.7 Å². The summed E-state index contributed by atoms with van der Waals surface area (Å²) < 4.78 is 37.3. The number of nitrogens with zero attached hydrogens (tertiary/aromatic N) is 1. The van der Waals surface area contributed by atoms with E-state index >= 15 is 0 Å². The van der Waals surface area contributed by atoms with E-state index in [1.54, 1.807) is 0 Å². The highest BCUT2D eigenvalue weighted by Crippen LogP contribution is 2.27. The van der Waals surface area contributed by atoms with Crippen LogP contribution in [0.3, 0.4) is 0 Å². The number of allylic oxidation sites excluding steroid dienone is 1. The van der Waals surface area contributed by atoms with Crippen LogP contribution in [0.25, 0.3) is 0 Å². The summed E-state index contributed by atoms with van der Waals surface area (Å²) in [6.07, 6.45) is -4.94. The Morgan fingerprint density at radius 2 is 1.92 bits per heavy atom. The van der Waals surface area contributed by atoms with Crippen LogP contribution < -0.4 is 11.1 Å². The van der Waals surface area contributed by atoms with Gasteiger partial charge < -0.3 is 16.2 Å². The lowest BCUT2D eigenvalue weighted by Gasteiger charge is -2.13. The predicted octanol–water partition coefficient (Wildman–Crippen LogP) is 4.20. The molecule has 1 aromatic carbocycles. The summed E-state index contributed by atoms with van der Waals surface area (Å²) in [5.41, 5.74) is 4.15. The van der Waals surface area contributed by atoms with Crippen LogP contribution >= 0.6 is 23.2 Å². The van der Waals surface area contributed by atoms with Gasteiger partial charge in [0.2, 0.25) is 5.84 Å². The molecule has 0 saturated carbocycles. The summed E-state index contributed by atoms with van der Waals surface area (Å²) in [5.74, 6) is -3.46. The summed E-state index contributed by atoms with van der Waals surface area (Å²) in [5, 5.41) is 12.3. The van der Waals surface area contributed by atoms with Crippen LogP contribution in [-0.4, -0.2) is 23.1 Å². The molecule has 1 aromatic rings. The largest absolute Gasteiger partial charge is 0.477 e. The van der Waals surface area contributed by atoms with Gasteiger partial charge in [-0.3, -0.25) is 0 Å². The number of nitrogens with two attached hydrogens (primary N) is 1. The number of carboxylic acid groups (broad SMARTS) is 1. The van der Waals surface area contributed by atoms with Gasteiger partial charge in [-0.25, -0.2) is 9.79 Å². The minimum absolute atomic E-state index is 0.00418. The smallest absolute Gasteiger partial charge is 0.448 e. The topological polar surface area (TPSA) is 87.7 Å². The van der Waals surface area contributed by atoms with Crippen molar-refractivity contribution in [1.82, 2.24) is 0 Å². The van der Waals surface area contributed by atoms with E-state index in [0.29, 0.717) is 10.7 Å². The van der Waals surface area contributed by atoms with Gasteiger partial charge >= 0.3 is 12.1 Å². The Kier molecular flexibility index (Phi) is 6.28. The fourth-order valence-electron chi connectivity index (χ4n) is 1.46. The lowest BCUT2D eigenvalue weighted by atomic mass is 10.1. The molecule has 0 aliphatic heterocycles. The Bertz CT molecular complexity index is 743. The number of aliphatic carboxylic acids is 1. The highest BCUT2D eigenvalue weighted by atomic mass is 35.5. The molecule has 130 valence electrons. The Hall–Kier alpha value is -2.19. The SMILES string of the molecule is C=C(Nc1ccc(Cl)c(Cl)c1)/C(C)=C(\N=C(/N)C(F)(F)F)C(=O)O. The Morgan fingerprint density at radius 1 is 1.33 bits per heavy atom. The van der Waals surface area contributed by atoms with Gasteiger partial charge in [-0.1, -0.05) is 29.8 Å². The van der Waals surface area contributed by atoms with Gasteiger partial charge in [0.15, 0.2) is 5.70 Å². The maximum atomic E-state index is 12.4. The lowest BCUT2D eigenvalue weighted by molar-refractivity contribution is -0.132. The molecule has 0 saturated heterocycles. The molecule has 0 heterocycles. The normalized spacial score (nSPS) is 13.3. The van der Waals surface area contributed by atoms with Crippen LogP contribution in [0.1, 0.15) is 6.92 Å². The van der Waals surface area contributed by atoms with E-state index in [-0.39, 0.29) is 16.3 Å². The third kappa shape index (κ3) is 5.17. The number of anilines is 1. The zero-order chi connectivity index (χ0) is 18.7. The molecule has 5 nitrogen and oxygen atoms in total. The number of carbonyl (C=O) groups is 1. The number of hydrogen-bond donors (Lipinski definition) is 3. The first-order valence-corrected chi connectivity index (χ1v) is 6.96. The van der Waals surface area contributed by atoms with E-state index in [0.717, 1.165) is 0 Å². The van der Waals surface area contributed by atoms with Gasteiger partial charge in [0.25, 0.3) is 0 Å². The highest BCUT2D eigenvalue weighted by molar-refractivity contribution is 6.42. The monoisotopic (exact) mass is 381 g/mol. The van der Waals surface area contributed by atoms with Crippen LogP contribution in [-0.2, 0) is 4.79 Å². The highest BCUT2D eigenvalue weighted by Gasteiger charge is 2.34. The molecule has 0 atom stereocenters. The molecule has 0 unspecified atom stereocenters. The first-order chi connectivity index (χ1) is 10.9. The number of amidine groups is 1. The van der Waals surface area contributed by atoms with E-state index in [1.807, 2.05) is 0 Å². The zero-order valence-corrected chi connectivity index (χ0v) is 13.7. The van der Waals surface area contributed by atoms with Crippen molar-refractivity contribution in [3.8, 4) is 0 Å². The molecule has 10 heteroatoms. The molecule has 0 spiro atoms. The van der Waals surface area contributed by atoms with Crippen LogP contribution in [0.15, 0.2) is 46.7 Å². The third-order valence-corrected chi connectivity index (χ3v) is 3.49. The number of alkyl halides is 3. The Balaban J connectivity index is 3.18. The van der Waals surface area contributed by atoms with Crippen molar-refractivity contribution in [3.05, 3.63) is 51.8 Å². The second-order valence-corrected chi connectivity index (χ2v) is 5.32. The average Bonchev–Trinajstić information content (AvgIpc) is 2.46. The molecule has 0 aromatic heterocycles. The van der Waals surface area contributed by atoms with Crippen molar-refractivity contribution in [1.29, 1.82) is 0 Å². The molecule has 0 aliphatic rings. The van der Waals surface area contributed by atoms with Crippen LogP contribution in [0.5, 0.6) is 0 Å². The minimum Gasteiger partial charge on any atom is -0.477 e. The van der Waals surface area contributed by atoms with Gasteiger partial charge in [-0.2, -0.15) is 13.2 Å². The first kappa shape index (κ1) is 19.9. The molecule has 1 rings (SSSR count). The van der Waals surface area contributed by atoms with E-state index in [4.69, 9.17) is 34.0 Å². The van der Waals surface area contributed by atoms with Gasteiger partial charge in [-0.05, 0) is 25.1 Å². The number of rotatable bonds is 5. The van der Waals surface area contributed by atoms with Gasteiger partial charge in [0.05, 0.1) is 10.0 Å². The fraction of sp³-hybridized carbons (Fsp3) is 0.143. The van der Waals surface area contributed by atoms with Crippen molar-refractivity contribution >= 4 is 40.7 Å². The number of halogens is 5. The molecule has 24 heavy (non-hydrogen) atoms. The number of hydrogen-bond acceptors (Lipinski definition) is 3. The summed E-state index contributed by atoms with van der Waals surface area (Å²) >= 11 is 11.6. The minimum atomic E-state index is -4.94. The number of carboxylic acids is 1. The van der Waals surface area contributed by atoms with E-state index < -0.39 is 23.7 Å². The van der Waals surface area contributed by atoms with Crippen molar-refractivity contribution in [3.63, 3.8) is 0 Å². The maximum absolute atomic E-state index is 12.4. The molecular weight excluding hydrogens is 370 g/mol. The van der Waals surface area contributed by atoms with E-state index in [2.05, 4.69) is 16.9 Å². The maximum Gasteiger partial charge on any atom is 0.448 e. The third-order valence-electron chi connectivity index (χ3n) is 2.75. The predicted molar refractivity (Wildman–Crippen MR) is 87.2 cm³/mol. The summed E-state index contributed by atoms with van der Waals surface area (Å²) in [6.45, 7) is 4.81. The van der Waals surface area contributed by atoms with Crippen molar-refractivity contribution in [2.45, 2.75) is 13.1 Å². The average molecular weight is 382 g/mol. The standard InChI is InChI=1S/C14H12Cl2F3N3O2/c1-6(11(12(23)24)22-13(20)14(17,18)19)7(2)21-8-3-4-9(15)10(16)5-8/h3-5,21H,2H2,1H3,(H2,20,22)(H,23,24)/b11-6-. The van der Waals surface area contributed by atoms with Crippen LogP contribution in [0, 0.1) is 0 Å². The second kappa shape index (κ2) is 7.59. The quantitative estimate of drug-likeness (QED) is 0.308. The van der Waals surface area contributed by atoms with Crippen LogP contribution in [0.4, 0.5) is 18.9 Å². The molecule has 0 radical (unpaired) electrons. The van der Waals surface area contributed by atoms with E-state index in [9.17, 15) is 18.0 Å². The fourth-order valence-corrected chi connectivity index (χ4v) is 1.76. The molecule has 0 amide bonds. The second-order valence-electron chi connectivity index (χ2n) is 4.51. The first-order valence-electron chi connectivity index (χ1n) is 6.20. The van der Waals surface area contributed by atoms with Gasteiger partial charge in [-0.15, -0.1) is 0 Å². The van der Waals surface area contributed by atoms with Crippen LogP contribution in [0.2, 0.25) is 10.0 Å². The number of nitrogens with one attached hydrogen (secondary N) is 1. The van der Waals surface area contributed by atoms with Crippen molar-refractivity contribution in [2.75, 3.05) is 5.32 Å². The van der Waals surface area contributed by atoms with Gasteiger partial charge in [0.1, 0.15) is 0 Å². The number of aliphatic imine (C=N–C) groups is 1. The summed E-state index contributed by atoms with van der Waals surface area (Å²) in [6, 6.07) is 4.45. The molecule has 0 bridgehead atoms. The molecule has 0 aliphatic carbocycles. The Labute approximate surface area is 145 Å². The molecule has 0 fully saturated rings.